The summed E-state index contributed by atoms with van der Waals surface area (Å²) in [5.41, 5.74) is 7.46. The van der Waals surface area contributed by atoms with Crippen LogP contribution in [0.4, 0.5) is 5.69 Å². The largest absolute Gasteiger partial charge is 0.325 e. The van der Waals surface area contributed by atoms with Crippen molar-refractivity contribution >= 4 is 68.0 Å². The SMILES string of the molecule is O=C(Nc1ccc(Cl)c(Cl)c1)c1c(-c2ccc(Cl)cc2)c2c3n(c(-c4ccc(Br)cc4)cn13)CCCC2. The van der Waals surface area contributed by atoms with Gasteiger partial charge in [0.25, 0.3) is 5.91 Å². The van der Waals surface area contributed by atoms with Crippen LogP contribution in [0.15, 0.2) is 77.4 Å². The average Bonchev–Trinajstić information content (AvgIpc) is 3.30. The van der Waals surface area contributed by atoms with Crippen LogP contribution >= 0.6 is 50.7 Å². The monoisotopic (exact) mass is 611 g/mol. The van der Waals surface area contributed by atoms with Gasteiger partial charge < -0.3 is 9.88 Å². The standard InChI is InChI=1S/C29H21BrCl3N3O/c30-19-8-4-17(5-9-19)25-16-36-27(28(37)34-21-12-13-23(32)24(33)15-21)26(18-6-10-20(31)11-7-18)22-3-1-2-14-35(25)29(22)36/h4-13,15-16H,1-3,14H2,(H,34,37). The molecule has 3 aromatic carbocycles. The molecule has 8 heteroatoms. The molecule has 1 aliphatic heterocycles. The quantitative estimate of drug-likeness (QED) is 0.216. The van der Waals surface area contributed by atoms with Crippen LogP contribution in [0.2, 0.25) is 15.1 Å². The Hall–Kier alpha value is -2.70. The highest BCUT2D eigenvalue weighted by atomic mass is 79.9. The summed E-state index contributed by atoms with van der Waals surface area (Å²) in [5, 5.41) is 4.52. The zero-order valence-electron chi connectivity index (χ0n) is 19.6. The van der Waals surface area contributed by atoms with Gasteiger partial charge in [0.2, 0.25) is 0 Å². The van der Waals surface area contributed by atoms with Crippen LogP contribution in [0.5, 0.6) is 0 Å². The second-order valence-corrected chi connectivity index (χ2v) is 11.3. The molecule has 37 heavy (non-hydrogen) atoms. The van der Waals surface area contributed by atoms with E-state index in [2.05, 4.69) is 48.5 Å². The van der Waals surface area contributed by atoms with E-state index in [9.17, 15) is 4.79 Å². The van der Waals surface area contributed by atoms with Gasteiger partial charge in [-0.15, -0.1) is 0 Å². The smallest absolute Gasteiger partial charge is 0.273 e. The highest BCUT2D eigenvalue weighted by molar-refractivity contribution is 9.10. The predicted molar refractivity (Wildman–Crippen MR) is 156 cm³/mol. The van der Waals surface area contributed by atoms with Crippen LogP contribution in [-0.4, -0.2) is 14.9 Å². The predicted octanol–water partition coefficient (Wildman–Crippen LogP) is 9.39. The van der Waals surface area contributed by atoms with E-state index in [1.165, 1.54) is 5.56 Å². The Balaban J connectivity index is 1.59. The van der Waals surface area contributed by atoms with Gasteiger partial charge in [-0.3, -0.25) is 9.20 Å². The van der Waals surface area contributed by atoms with Crippen molar-refractivity contribution in [2.24, 2.45) is 0 Å². The molecule has 0 aliphatic carbocycles. The van der Waals surface area contributed by atoms with E-state index in [-0.39, 0.29) is 5.91 Å². The van der Waals surface area contributed by atoms with Crippen molar-refractivity contribution in [2.45, 2.75) is 25.8 Å². The molecule has 0 saturated carbocycles. The van der Waals surface area contributed by atoms with Crippen molar-refractivity contribution in [3.8, 4) is 22.4 Å². The Bertz CT molecular complexity index is 1650. The Morgan fingerprint density at radius 1 is 0.865 bits per heavy atom. The molecular weight excluding hydrogens is 593 g/mol. The molecule has 0 saturated heterocycles. The molecule has 0 atom stereocenters. The lowest BCUT2D eigenvalue weighted by Gasteiger charge is -2.11. The lowest BCUT2D eigenvalue weighted by Crippen LogP contribution is -2.15. The van der Waals surface area contributed by atoms with E-state index in [4.69, 9.17) is 34.8 Å². The maximum atomic E-state index is 14.0. The first kappa shape index (κ1) is 24.6. The summed E-state index contributed by atoms with van der Waals surface area (Å²) >= 11 is 22.1. The summed E-state index contributed by atoms with van der Waals surface area (Å²) in [6.45, 7) is 0.882. The van der Waals surface area contributed by atoms with E-state index >= 15 is 0 Å². The van der Waals surface area contributed by atoms with Gasteiger partial charge in [-0.2, -0.15) is 0 Å². The summed E-state index contributed by atoms with van der Waals surface area (Å²) in [6.07, 6.45) is 5.06. The third-order valence-corrected chi connectivity index (χ3v) is 8.32. The van der Waals surface area contributed by atoms with Crippen molar-refractivity contribution in [1.82, 2.24) is 8.97 Å². The highest BCUT2D eigenvalue weighted by Gasteiger charge is 2.29. The van der Waals surface area contributed by atoms with Crippen LogP contribution in [0.3, 0.4) is 0 Å². The van der Waals surface area contributed by atoms with Gasteiger partial charge in [0, 0.05) is 39.1 Å². The fourth-order valence-corrected chi connectivity index (χ4v) is 5.84. The number of halogens is 4. The molecule has 0 radical (unpaired) electrons. The van der Waals surface area contributed by atoms with Gasteiger partial charge >= 0.3 is 0 Å². The minimum atomic E-state index is -0.218. The first-order chi connectivity index (χ1) is 17.9. The number of rotatable bonds is 4. The topological polar surface area (TPSA) is 38.4 Å². The minimum absolute atomic E-state index is 0.218. The van der Waals surface area contributed by atoms with Gasteiger partial charge in [-0.25, -0.2) is 0 Å². The molecule has 1 aliphatic rings. The Labute approximate surface area is 237 Å². The fourth-order valence-electron chi connectivity index (χ4n) is 5.15. The van der Waals surface area contributed by atoms with Gasteiger partial charge in [0.1, 0.15) is 11.3 Å². The van der Waals surface area contributed by atoms with Crippen molar-refractivity contribution in [3.05, 3.63) is 104 Å². The van der Waals surface area contributed by atoms with E-state index in [1.54, 1.807) is 18.2 Å². The number of nitrogens with zero attached hydrogens (tertiary/aromatic N) is 2. The van der Waals surface area contributed by atoms with Gasteiger partial charge in [0.15, 0.2) is 0 Å². The second kappa shape index (κ2) is 9.88. The number of amides is 1. The van der Waals surface area contributed by atoms with Crippen LogP contribution in [-0.2, 0) is 13.0 Å². The number of imidazole rings is 1. The van der Waals surface area contributed by atoms with Crippen LogP contribution in [0.1, 0.15) is 28.9 Å². The maximum absolute atomic E-state index is 14.0. The van der Waals surface area contributed by atoms with Crippen molar-refractivity contribution in [2.75, 3.05) is 5.32 Å². The first-order valence-corrected chi connectivity index (χ1v) is 13.9. The molecule has 4 nitrogen and oxygen atoms in total. The van der Waals surface area contributed by atoms with Gasteiger partial charge in [-0.05, 0) is 72.9 Å². The summed E-state index contributed by atoms with van der Waals surface area (Å²) in [6, 6.07) is 21.1. The Kier molecular flexibility index (Phi) is 6.58. The molecular formula is C29H21BrCl3N3O. The van der Waals surface area contributed by atoms with Crippen molar-refractivity contribution in [3.63, 3.8) is 0 Å². The molecule has 186 valence electrons. The van der Waals surface area contributed by atoms with E-state index in [0.717, 1.165) is 58.3 Å². The third kappa shape index (κ3) is 4.48. The zero-order chi connectivity index (χ0) is 25.7. The molecule has 0 unspecified atom stereocenters. The maximum Gasteiger partial charge on any atom is 0.273 e. The van der Waals surface area contributed by atoms with Crippen molar-refractivity contribution in [1.29, 1.82) is 0 Å². The molecule has 0 spiro atoms. The highest BCUT2D eigenvalue weighted by Crippen LogP contribution is 2.40. The van der Waals surface area contributed by atoms with Gasteiger partial charge in [-0.1, -0.05) is 75.0 Å². The lowest BCUT2D eigenvalue weighted by molar-refractivity contribution is 0.102. The first-order valence-electron chi connectivity index (χ1n) is 12.0. The molecule has 3 heterocycles. The number of anilines is 1. The molecule has 2 aromatic heterocycles. The number of carbonyl (C=O) groups excluding carboxylic acids is 1. The van der Waals surface area contributed by atoms with E-state index < -0.39 is 0 Å². The number of hydrogen-bond donors (Lipinski definition) is 1. The van der Waals surface area contributed by atoms with Crippen LogP contribution in [0.25, 0.3) is 28.0 Å². The number of aryl methyl sites for hydroxylation is 2. The Morgan fingerprint density at radius 3 is 2.32 bits per heavy atom. The molecule has 0 fully saturated rings. The summed E-state index contributed by atoms with van der Waals surface area (Å²) in [5.74, 6) is -0.218. The number of aromatic nitrogens is 2. The normalized spacial score (nSPS) is 13.1. The number of carbonyl (C=O) groups is 1. The molecule has 0 bridgehead atoms. The number of benzene rings is 3. The van der Waals surface area contributed by atoms with Crippen LogP contribution in [0, 0.1) is 0 Å². The van der Waals surface area contributed by atoms with Crippen LogP contribution < -0.4 is 5.32 Å². The summed E-state index contributed by atoms with van der Waals surface area (Å²) < 4.78 is 5.42. The molecule has 1 N–H and O–H groups in total. The minimum Gasteiger partial charge on any atom is -0.325 e. The van der Waals surface area contributed by atoms with E-state index in [0.29, 0.717) is 26.4 Å². The Morgan fingerprint density at radius 2 is 1.59 bits per heavy atom. The van der Waals surface area contributed by atoms with Crippen molar-refractivity contribution < 1.29 is 4.79 Å². The molecule has 5 aromatic rings. The van der Waals surface area contributed by atoms with E-state index in [1.807, 2.05) is 36.4 Å². The van der Waals surface area contributed by atoms with Gasteiger partial charge in [0.05, 0.1) is 15.7 Å². The summed E-state index contributed by atoms with van der Waals surface area (Å²) in [7, 11) is 0. The second-order valence-electron chi connectivity index (χ2n) is 9.12. The number of hydrogen-bond acceptors (Lipinski definition) is 1. The fraction of sp³-hybridized carbons (Fsp3) is 0.138. The zero-order valence-corrected chi connectivity index (χ0v) is 23.4. The third-order valence-electron chi connectivity index (χ3n) is 6.80. The lowest BCUT2D eigenvalue weighted by atomic mass is 9.97. The molecule has 1 amide bonds. The average molecular weight is 614 g/mol. The molecule has 6 rings (SSSR count). The summed E-state index contributed by atoms with van der Waals surface area (Å²) in [4.78, 5) is 14.0. The number of nitrogens with one attached hydrogen (secondary N) is 1.